The summed E-state index contributed by atoms with van der Waals surface area (Å²) in [6.45, 7) is 0. The number of rotatable bonds is 3. The van der Waals surface area contributed by atoms with Crippen molar-refractivity contribution in [2.45, 2.75) is 11.1 Å². The Hall–Kier alpha value is -2.62. The number of benzene rings is 2. The molecule has 0 unspecified atom stereocenters. The smallest absolute Gasteiger partial charge is 0.334 e. The molecule has 1 aromatic heterocycles. The van der Waals surface area contributed by atoms with E-state index in [4.69, 9.17) is 0 Å². The number of nitrogens with zero attached hydrogens (tertiary/aromatic N) is 1. The zero-order valence-electron chi connectivity index (χ0n) is 11.7. The van der Waals surface area contributed by atoms with Crippen molar-refractivity contribution in [1.29, 1.82) is 0 Å². The van der Waals surface area contributed by atoms with Crippen LogP contribution in [-0.4, -0.2) is 18.4 Å². The molecule has 0 bridgehead atoms. The van der Waals surface area contributed by atoms with Crippen molar-refractivity contribution in [3.8, 4) is 0 Å². The van der Waals surface area contributed by atoms with E-state index in [0.29, 0.717) is 0 Å². The van der Waals surface area contributed by atoms with Gasteiger partial charge in [-0.2, -0.15) is 13.2 Å². The zero-order chi connectivity index (χ0) is 17.5. The summed E-state index contributed by atoms with van der Waals surface area (Å²) in [5, 5.41) is 0. The van der Waals surface area contributed by atoms with Gasteiger partial charge < -0.3 is 4.98 Å². The molecule has 0 amide bonds. The first kappa shape index (κ1) is 16.2. The normalized spacial score (nSPS) is 12.5. The molecular formula is C14H9F4N3O2S. The Morgan fingerprint density at radius 1 is 1.08 bits per heavy atom. The van der Waals surface area contributed by atoms with Gasteiger partial charge in [0.1, 0.15) is 10.7 Å². The van der Waals surface area contributed by atoms with Crippen molar-refractivity contribution in [3.05, 3.63) is 54.1 Å². The zero-order valence-corrected chi connectivity index (χ0v) is 12.5. The predicted octanol–water partition coefficient (Wildman–Crippen LogP) is 3.52. The lowest BCUT2D eigenvalue weighted by Gasteiger charge is -2.08. The van der Waals surface area contributed by atoms with Crippen LogP contribution in [-0.2, 0) is 16.2 Å². The number of aromatic amines is 1. The number of hydrogen-bond acceptors (Lipinski definition) is 3. The fourth-order valence-electron chi connectivity index (χ4n) is 2.08. The molecule has 0 atom stereocenters. The van der Waals surface area contributed by atoms with E-state index < -0.39 is 32.7 Å². The third kappa shape index (κ3) is 3.04. The number of imidazole rings is 1. The Kier molecular flexibility index (Phi) is 3.71. The first-order valence-electron chi connectivity index (χ1n) is 6.51. The first-order valence-corrected chi connectivity index (χ1v) is 7.99. The number of sulfonamides is 1. The van der Waals surface area contributed by atoms with E-state index in [1.54, 1.807) is 0 Å². The average Bonchev–Trinajstić information content (AvgIpc) is 2.90. The fraction of sp³-hybridized carbons (Fsp3) is 0.0714. The van der Waals surface area contributed by atoms with E-state index in [-0.39, 0.29) is 16.7 Å². The molecule has 3 aromatic rings. The SMILES string of the molecule is O=S(=O)(Nc1ccc2nc(C(F)(F)F)[nH]c2c1)c1ccccc1F. The van der Waals surface area contributed by atoms with Gasteiger partial charge in [0, 0.05) is 0 Å². The highest BCUT2D eigenvalue weighted by molar-refractivity contribution is 7.92. The number of aromatic nitrogens is 2. The molecule has 10 heteroatoms. The summed E-state index contributed by atoms with van der Waals surface area (Å²) in [6.07, 6.45) is -4.65. The van der Waals surface area contributed by atoms with E-state index in [2.05, 4.69) is 14.7 Å². The molecule has 0 saturated carbocycles. The molecule has 126 valence electrons. The summed E-state index contributed by atoms with van der Waals surface area (Å²) in [5.74, 6) is -2.13. The molecule has 2 aromatic carbocycles. The number of anilines is 1. The van der Waals surface area contributed by atoms with Gasteiger partial charge in [-0.25, -0.2) is 17.8 Å². The molecule has 0 aliphatic rings. The topological polar surface area (TPSA) is 74.8 Å². The average molecular weight is 359 g/mol. The van der Waals surface area contributed by atoms with E-state index in [9.17, 15) is 26.0 Å². The van der Waals surface area contributed by atoms with Crippen LogP contribution in [0.3, 0.4) is 0 Å². The highest BCUT2D eigenvalue weighted by Crippen LogP contribution is 2.29. The van der Waals surface area contributed by atoms with Crippen LogP contribution in [0.1, 0.15) is 5.82 Å². The van der Waals surface area contributed by atoms with Crippen LogP contribution in [0.25, 0.3) is 11.0 Å². The van der Waals surface area contributed by atoms with Crippen molar-refractivity contribution in [2.75, 3.05) is 4.72 Å². The number of H-pyrrole nitrogens is 1. The van der Waals surface area contributed by atoms with Crippen molar-refractivity contribution >= 4 is 26.7 Å². The van der Waals surface area contributed by atoms with Gasteiger partial charge in [-0.05, 0) is 30.3 Å². The van der Waals surface area contributed by atoms with Crippen LogP contribution >= 0.6 is 0 Å². The Morgan fingerprint density at radius 3 is 2.46 bits per heavy atom. The minimum atomic E-state index is -4.65. The second kappa shape index (κ2) is 5.48. The van der Waals surface area contributed by atoms with Gasteiger partial charge in [0.25, 0.3) is 10.0 Å². The lowest BCUT2D eigenvalue weighted by Crippen LogP contribution is -2.14. The third-order valence-electron chi connectivity index (χ3n) is 3.13. The molecule has 24 heavy (non-hydrogen) atoms. The maximum absolute atomic E-state index is 13.6. The second-order valence-electron chi connectivity index (χ2n) is 4.85. The fourth-order valence-corrected chi connectivity index (χ4v) is 3.21. The largest absolute Gasteiger partial charge is 0.449 e. The van der Waals surface area contributed by atoms with Gasteiger partial charge >= 0.3 is 6.18 Å². The van der Waals surface area contributed by atoms with Gasteiger partial charge in [0.2, 0.25) is 5.82 Å². The van der Waals surface area contributed by atoms with Gasteiger partial charge in [0.15, 0.2) is 0 Å². The molecule has 0 spiro atoms. The Labute approximate surface area is 133 Å². The number of nitrogens with one attached hydrogen (secondary N) is 2. The lowest BCUT2D eigenvalue weighted by atomic mass is 10.3. The highest BCUT2D eigenvalue weighted by Gasteiger charge is 2.34. The summed E-state index contributed by atoms with van der Waals surface area (Å²) in [7, 11) is -4.22. The van der Waals surface area contributed by atoms with Crippen LogP contribution in [0.4, 0.5) is 23.2 Å². The van der Waals surface area contributed by atoms with Crippen LogP contribution in [0.2, 0.25) is 0 Å². The summed E-state index contributed by atoms with van der Waals surface area (Å²) >= 11 is 0. The van der Waals surface area contributed by atoms with Gasteiger partial charge in [-0.3, -0.25) is 4.72 Å². The Balaban J connectivity index is 1.97. The quantitative estimate of drug-likeness (QED) is 0.703. The van der Waals surface area contributed by atoms with Crippen LogP contribution in [0, 0.1) is 5.82 Å². The van der Waals surface area contributed by atoms with Crippen LogP contribution in [0.5, 0.6) is 0 Å². The van der Waals surface area contributed by atoms with Crippen molar-refractivity contribution in [2.24, 2.45) is 0 Å². The number of fused-ring (bicyclic) bond motifs is 1. The highest BCUT2D eigenvalue weighted by atomic mass is 32.2. The first-order chi connectivity index (χ1) is 11.2. The molecule has 3 rings (SSSR count). The van der Waals surface area contributed by atoms with Crippen LogP contribution in [0.15, 0.2) is 47.4 Å². The van der Waals surface area contributed by atoms with Crippen molar-refractivity contribution in [1.82, 2.24) is 9.97 Å². The maximum Gasteiger partial charge on any atom is 0.449 e. The molecule has 2 N–H and O–H groups in total. The number of halogens is 4. The minimum absolute atomic E-state index is 0.00365. The summed E-state index contributed by atoms with van der Waals surface area (Å²) in [6, 6.07) is 8.36. The maximum atomic E-state index is 13.6. The van der Waals surface area contributed by atoms with Crippen molar-refractivity contribution < 1.29 is 26.0 Å². The molecule has 5 nitrogen and oxygen atoms in total. The van der Waals surface area contributed by atoms with Crippen LogP contribution < -0.4 is 4.72 Å². The summed E-state index contributed by atoms with van der Waals surface area (Å²) in [4.78, 5) is 4.88. The summed E-state index contributed by atoms with van der Waals surface area (Å²) < 4.78 is 77.9. The predicted molar refractivity (Wildman–Crippen MR) is 78.3 cm³/mol. The van der Waals surface area contributed by atoms with Crippen molar-refractivity contribution in [3.63, 3.8) is 0 Å². The molecule has 0 fully saturated rings. The standard InChI is InChI=1S/C14H9F4N3O2S/c15-9-3-1-2-4-12(9)24(22,23)21-8-5-6-10-11(7-8)20-13(19-10)14(16,17)18/h1-7,21H,(H,19,20). The third-order valence-corrected chi connectivity index (χ3v) is 4.54. The molecule has 0 aliphatic heterocycles. The Morgan fingerprint density at radius 2 is 1.79 bits per heavy atom. The summed E-state index contributed by atoms with van der Waals surface area (Å²) in [5.41, 5.74) is -0.00430. The van der Waals surface area contributed by atoms with E-state index in [0.717, 1.165) is 18.2 Å². The van der Waals surface area contributed by atoms with Gasteiger partial charge in [-0.1, -0.05) is 12.1 Å². The van der Waals surface area contributed by atoms with E-state index in [1.807, 2.05) is 0 Å². The molecule has 0 aliphatic carbocycles. The van der Waals surface area contributed by atoms with E-state index in [1.165, 1.54) is 24.3 Å². The Bertz CT molecular complexity index is 1010. The second-order valence-corrected chi connectivity index (χ2v) is 6.50. The van der Waals surface area contributed by atoms with E-state index >= 15 is 0 Å². The minimum Gasteiger partial charge on any atom is -0.334 e. The molecular weight excluding hydrogens is 350 g/mol. The molecule has 1 heterocycles. The number of alkyl halides is 3. The van der Waals surface area contributed by atoms with Gasteiger partial charge in [0.05, 0.1) is 16.7 Å². The monoisotopic (exact) mass is 359 g/mol. The molecule has 0 saturated heterocycles. The lowest BCUT2D eigenvalue weighted by molar-refractivity contribution is -0.144. The molecule has 0 radical (unpaired) electrons. The van der Waals surface area contributed by atoms with Gasteiger partial charge in [-0.15, -0.1) is 0 Å². The number of hydrogen-bond donors (Lipinski definition) is 2.